The largest absolute Gasteiger partial charge is 0.384 e. The zero-order chi connectivity index (χ0) is 13.3. The number of hydrogen-bond donors (Lipinski definition) is 2. The molecule has 0 saturated heterocycles. The second kappa shape index (κ2) is 8.82. The quantitative estimate of drug-likeness (QED) is 0.531. The molecule has 6 nitrogen and oxygen atoms in total. The third kappa shape index (κ3) is 7.67. The Balaban J connectivity index is 4.00. The molecule has 0 aromatic carbocycles. The van der Waals surface area contributed by atoms with Crippen LogP contribution < -0.4 is 10.0 Å². The van der Waals surface area contributed by atoms with Crippen LogP contribution in [0.15, 0.2) is 0 Å². The Morgan fingerprint density at radius 1 is 1.41 bits per heavy atom. The van der Waals surface area contributed by atoms with Gasteiger partial charge in [0.1, 0.15) is 0 Å². The number of hydrogen-bond acceptors (Lipinski definition) is 4. The van der Waals surface area contributed by atoms with Crippen molar-refractivity contribution in [3.05, 3.63) is 0 Å². The normalized spacial score (nSPS) is 14.2. The molecule has 1 unspecified atom stereocenters. The standard InChI is InChI=1S/C10H25N3O3S/c1-10(9-16-4)8-12-17(14,15)13(3)7-5-6-11-2/h10-12H,5-9H2,1-4H3. The van der Waals surface area contributed by atoms with Crippen molar-refractivity contribution in [3.63, 3.8) is 0 Å². The first-order valence-electron chi connectivity index (χ1n) is 5.78. The maximum Gasteiger partial charge on any atom is 0.279 e. The summed E-state index contributed by atoms with van der Waals surface area (Å²) in [5.74, 6) is 0.167. The van der Waals surface area contributed by atoms with Crippen LogP contribution in [0.4, 0.5) is 0 Å². The van der Waals surface area contributed by atoms with Gasteiger partial charge >= 0.3 is 0 Å². The lowest BCUT2D eigenvalue weighted by Gasteiger charge is -2.19. The first-order chi connectivity index (χ1) is 7.94. The van der Waals surface area contributed by atoms with Gasteiger partial charge in [0.2, 0.25) is 0 Å². The molecule has 0 amide bonds. The summed E-state index contributed by atoms with van der Waals surface area (Å²) in [7, 11) is 1.68. The van der Waals surface area contributed by atoms with E-state index in [-0.39, 0.29) is 5.92 Å². The van der Waals surface area contributed by atoms with E-state index < -0.39 is 10.2 Å². The molecule has 0 aliphatic rings. The molecule has 0 fully saturated rings. The molecule has 0 rings (SSSR count). The van der Waals surface area contributed by atoms with Gasteiger partial charge in [-0.25, -0.2) is 4.72 Å². The van der Waals surface area contributed by atoms with Gasteiger partial charge in [-0.15, -0.1) is 0 Å². The fraction of sp³-hybridized carbons (Fsp3) is 1.00. The van der Waals surface area contributed by atoms with Gasteiger partial charge < -0.3 is 10.1 Å². The molecule has 7 heteroatoms. The number of ether oxygens (including phenoxy) is 1. The molecule has 0 radical (unpaired) electrons. The van der Waals surface area contributed by atoms with Crippen LogP contribution in [0.2, 0.25) is 0 Å². The summed E-state index contributed by atoms with van der Waals surface area (Å²) in [6, 6.07) is 0. The molecular formula is C10H25N3O3S. The van der Waals surface area contributed by atoms with Gasteiger partial charge in [0, 0.05) is 33.9 Å². The Morgan fingerprint density at radius 3 is 2.59 bits per heavy atom. The van der Waals surface area contributed by atoms with Crippen LogP contribution in [-0.4, -0.2) is 60.2 Å². The van der Waals surface area contributed by atoms with Gasteiger partial charge in [-0.1, -0.05) is 6.92 Å². The van der Waals surface area contributed by atoms with Crippen LogP contribution in [0.25, 0.3) is 0 Å². The molecule has 0 heterocycles. The summed E-state index contributed by atoms with van der Waals surface area (Å²) in [6.45, 7) is 4.19. The van der Waals surface area contributed by atoms with Crippen molar-refractivity contribution in [3.8, 4) is 0 Å². The average molecular weight is 267 g/mol. The maximum absolute atomic E-state index is 11.8. The fourth-order valence-corrected chi connectivity index (χ4v) is 2.38. The lowest BCUT2D eigenvalue weighted by atomic mass is 10.2. The molecule has 17 heavy (non-hydrogen) atoms. The Labute approximate surface area is 105 Å². The summed E-state index contributed by atoms with van der Waals surface area (Å²) in [4.78, 5) is 0. The van der Waals surface area contributed by atoms with E-state index in [4.69, 9.17) is 4.74 Å². The van der Waals surface area contributed by atoms with Gasteiger partial charge in [-0.2, -0.15) is 12.7 Å². The van der Waals surface area contributed by atoms with Gasteiger partial charge in [0.05, 0.1) is 0 Å². The minimum absolute atomic E-state index is 0.167. The molecule has 0 spiro atoms. The molecule has 2 N–H and O–H groups in total. The van der Waals surface area contributed by atoms with Crippen LogP contribution in [0.1, 0.15) is 13.3 Å². The van der Waals surface area contributed by atoms with E-state index in [9.17, 15) is 8.42 Å². The van der Waals surface area contributed by atoms with E-state index in [1.807, 2.05) is 14.0 Å². The number of rotatable bonds is 10. The van der Waals surface area contributed by atoms with Crippen molar-refractivity contribution >= 4 is 10.2 Å². The smallest absolute Gasteiger partial charge is 0.279 e. The topological polar surface area (TPSA) is 70.7 Å². The van der Waals surface area contributed by atoms with Crippen molar-refractivity contribution in [2.24, 2.45) is 5.92 Å². The van der Waals surface area contributed by atoms with Crippen LogP contribution in [0.5, 0.6) is 0 Å². The number of methoxy groups -OCH3 is 1. The number of nitrogens with zero attached hydrogens (tertiary/aromatic N) is 1. The van der Waals surface area contributed by atoms with Gasteiger partial charge in [-0.05, 0) is 25.9 Å². The minimum atomic E-state index is -3.35. The van der Waals surface area contributed by atoms with E-state index in [0.29, 0.717) is 19.7 Å². The SMILES string of the molecule is CNCCCN(C)S(=O)(=O)NCC(C)COC. The molecule has 0 aromatic heterocycles. The van der Waals surface area contributed by atoms with Crippen molar-refractivity contribution in [2.75, 3.05) is 47.4 Å². The van der Waals surface area contributed by atoms with Crippen LogP contribution in [-0.2, 0) is 14.9 Å². The third-order valence-electron chi connectivity index (χ3n) is 2.38. The van der Waals surface area contributed by atoms with Crippen LogP contribution in [0, 0.1) is 5.92 Å². The lowest BCUT2D eigenvalue weighted by Crippen LogP contribution is -2.41. The Bertz CT molecular complexity index is 283. The second-order valence-electron chi connectivity index (χ2n) is 4.19. The molecule has 104 valence electrons. The first kappa shape index (κ1) is 16.8. The second-order valence-corrected chi connectivity index (χ2v) is 6.05. The van der Waals surface area contributed by atoms with Crippen LogP contribution >= 0.6 is 0 Å². The van der Waals surface area contributed by atoms with Gasteiger partial charge in [-0.3, -0.25) is 0 Å². The van der Waals surface area contributed by atoms with Gasteiger partial charge in [0.15, 0.2) is 0 Å². The minimum Gasteiger partial charge on any atom is -0.384 e. The predicted molar refractivity (Wildman–Crippen MR) is 69.1 cm³/mol. The maximum atomic E-state index is 11.8. The van der Waals surface area contributed by atoms with E-state index in [1.54, 1.807) is 14.2 Å². The van der Waals surface area contributed by atoms with Gasteiger partial charge in [0.25, 0.3) is 10.2 Å². The Hall–Kier alpha value is -0.210. The van der Waals surface area contributed by atoms with E-state index in [2.05, 4.69) is 10.0 Å². The van der Waals surface area contributed by atoms with Crippen LogP contribution in [0.3, 0.4) is 0 Å². The van der Waals surface area contributed by atoms with Crippen molar-refractivity contribution in [1.82, 2.24) is 14.3 Å². The van der Waals surface area contributed by atoms with E-state index >= 15 is 0 Å². The van der Waals surface area contributed by atoms with Crippen molar-refractivity contribution < 1.29 is 13.2 Å². The summed E-state index contributed by atoms with van der Waals surface area (Å²) in [5, 5.41) is 2.98. The fourth-order valence-electron chi connectivity index (χ4n) is 1.30. The summed E-state index contributed by atoms with van der Waals surface area (Å²) >= 11 is 0. The van der Waals surface area contributed by atoms with E-state index in [1.165, 1.54) is 4.31 Å². The average Bonchev–Trinajstić information content (AvgIpc) is 2.27. The summed E-state index contributed by atoms with van der Waals surface area (Å²) in [5.41, 5.74) is 0. The van der Waals surface area contributed by atoms with Crippen molar-refractivity contribution in [2.45, 2.75) is 13.3 Å². The molecule has 0 aromatic rings. The summed E-state index contributed by atoms with van der Waals surface area (Å²) < 4.78 is 32.4. The lowest BCUT2D eigenvalue weighted by molar-refractivity contribution is 0.161. The monoisotopic (exact) mass is 267 g/mol. The highest BCUT2D eigenvalue weighted by atomic mass is 32.2. The third-order valence-corrected chi connectivity index (χ3v) is 3.91. The molecule has 0 aliphatic carbocycles. The predicted octanol–water partition coefficient (Wildman–Crippen LogP) is -0.355. The number of nitrogens with one attached hydrogen (secondary N) is 2. The highest BCUT2D eigenvalue weighted by Gasteiger charge is 2.17. The summed E-state index contributed by atoms with van der Waals surface area (Å²) in [6.07, 6.45) is 0.793. The Morgan fingerprint density at radius 2 is 2.06 bits per heavy atom. The first-order valence-corrected chi connectivity index (χ1v) is 7.22. The molecule has 1 atom stereocenters. The Kier molecular flexibility index (Phi) is 8.71. The molecule has 0 saturated carbocycles. The zero-order valence-electron chi connectivity index (χ0n) is 11.2. The van der Waals surface area contributed by atoms with E-state index in [0.717, 1.165) is 13.0 Å². The molecular weight excluding hydrogens is 242 g/mol. The highest BCUT2D eigenvalue weighted by Crippen LogP contribution is 1.98. The molecule has 0 bridgehead atoms. The highest BCUT2D eigenvalue weighted by molar-refractivity contribution is 7.87. The van der Waals surface area contributed by atoms with Crippen molar-refractivity contribution in [1.29, 1.82) is 0 Å². The zero-order valence-corrected chi connectivity index (χ0v) is 12.0. The molecule has 0 aliphatic heterocycles.